The fraction of sp³-hybridized carbons (Fsp3) is 0.111. The summed E-state index contributed by atoms with van der Waals surface area (Å²) >= 11 is 0. The van der Waals surface area contributed by atoms with E-state index in [4.69, 9.17) is 4.74 Å². The van der Waals surface area contributed by atoms with E-state index >= 15 is 0 Å². The Balaban J connectivity index is 1.53. The second-order valence-electron chi connectivity index (χ2n) is 5.90. The Kier molecular flexibility index (Phi) is 4.03. The van der Waals surface area contributed by atoms with Crippen LogP contribution in [-0.2, 0) is 11.3 Å². The van der Waals surface area contributed by atoms with Crippen LogP contribution >= 0.6 is 0 Å². The van der Waals surface area contributed by atoms with Gasteiger partial charge in [-0.25, -0.2) is 9.37 Å². The molecule has 1 aliphatic rings. The summed E-state index contributed by atoms with van der Waals surface area (Å²) in [7, 11) is 0. The van der Waals surface area contributed by atoms with Crippen LogP contribution < -0.4 is 20.9 Å². The first kappa shape index (κ1) is 16.7. The molecule has 0 radical (unpaired) electrons. The number of nitrogens with zero attached hydrogens (tertiary/aromatic N) is 1. The number of halogens is 1. The molecule has 0 unspecified atom stereocenters. The summed E-state index contributed by atoms with van der Waals surface area (Å²) in [5, 5.41) is 5.11. The Bertz CT molecular complexity index is 1140. The van der Waals surface area contributed by atoms with Crippen LogP contribution in [0.3, 0.4) is 0 Å². The van der Waals surface area contributed by atoms with E-state index in [1.165, 1.54) is 12.1 Å². The minimum atomic E-state index is -0.725. The zero-order valence-electron chi connectivity index (χ0n) is 13.8. The number of ether oxygens (including phenoxy) is 1. The number of anilines is 1. The van der Waals surface area contributed by atoms with Gasteiger partial charge in [0.2, 0.25) is 0 Å². The number of carbonyl (C=O) groups is 2. The maximum atomic E-state index is 13.7. The highest BCUT2D eigenvalue weighted by Gasteiger charge is 2.17. The van der Waals surface area contributed by atoms with Crippen molar-refractivity contribution in [3.8, 4) is 5.75 Å². The van der Waals surface area contributed by atoms with Gasteiger partial charge < -0.3 is 20.4 Å². The molecule has 2 amide bonds. The van der Waals surface area contributed by atoms with Crippen molar-refractivity contribution in [2.75, 3.05) is 11.9 Å². The van der Waals surface area contributed by atoms with Gasteiger partial charge in [0.05, 0.1) is 11.2 Å². The summed E-state index contributed by atoms with van der Waals surface area (Å²) in [5.41, 5.74) is 0.599. The molecule has 2 heterocycles. The average molecular weight is 368 g/mol. The molecule has 8 nitrogen and oxygen atoms in total. The van der Waals surface area contributed by atoms with Gasteiger partial charge in [-0.2, -0.15) is 0 Å². The fourth-order valence-electron chi connectivity index (χ4n) is 2.76. The Hall–Kier alpha value is -3.75. The number of hydrogen-bond donors (Lipinski definition) is 3. The first-order valence-corrected chi connectivity index (χ1v) is 8.03. The lowest BCUT2D eigenvalue weighted by Gasteiger charge is -2.18. The van der Waals surface area contributed by atoms with Crippen molar-refractivity contribution >= 4 is 28.4 Å². The zero-order valence-corrected chi connectivity index (χ0v) is 13.8. The van der Waals surface area contributed by atoms with E-state index < -0.39 is 17.3 Å². The maximum Gasteiger partial charge on any atom is 0.287 e. The fourth-order valence-corrected chi connectivity index (χ4v) is 2.76. The van der Waals surface area contributed by atoms with E-state index in [0.29, 0.717) is 17.0 Å². The highest BCUT2D eigenvalue weighted by atomic mass is 19.1. The monoisotopic (exact) mass is 368 g/mol. The molecule has 0 saturated carbocycles. The molecule has 0 atom stereocenters. The summed E-state index contributed by atoms with van der Waals surface area (Å²) in [6, 6.07) is 9.12. The smallest absolute Gasteiger partial charge is 0.287 e. The van der Waals surface area contributed by atoms with Crippen LogP contribution in [0.2, 0.25) is 0 Å². The number of fused-ring (bicyclic) bond motifs is 2. The van der Waals surface area contributed by atoms with Crippen LogP contribution in [0, 0.1) is 5.82 Å². The van der Waals surface area contributed by atoms with Crippen molar-refractivity contribution < 1.29 is 18.7 Å². The highest BCUT2D eigenvalue weighted by Crippen LogP contribution is 2.28. The molecule has 0 aliphatic carbocycles. The molecule has 0 spiro atoms. The largest absolute Gasteiger partial charge is 0.482 e. The van der Waals surface area contributed by atoms with Crippen molar-refractivity contribution in [1.82, 2.24) is 15.3 Å². The number of aromatic amines is 1. The summed E-state index contributed by atoms with van der Waals surface area (Å²) in [6.45, 7) is 0.0948. The number of hydrogen-bond acceptors (Lipinski definition) is 5. The molecular weight excluding hydrogens is 355 g/mol. The van der Waals surface area contributed by atoms with Crippen molar-refractivity contribution in [2.24, 2.45) is 0 Å². The van der Waals surface area contributed by atoms with Gasteiger partial charge in [0.1, 0.15) is 17.0 Å². The molecular formula is C18H13FN4O4. The lowest BCUT2D eigenvalue weighted by molar-refractivity contribution is -0.118. The molecule has 0 fully saturated rings. The minimum Gasteiger partial charge on any atom is -0.482 e. The topological polar surface area (TPSA) is 113 Å². The lowest BCUT2D eigenvalue weighted by Crippen LogP contribution is -2.28. The molecule has 136 valence electrons. The average Bonchev–Trinajstić information content (AvgIpc) is 2.65. The molecule has 27 heavy (non-hydrogen) atoms. The normalized spacial score (nSPS) is 12.9. The number of carbonyl (C=O) groups excluding carboxylic acids is 2. The van der Waals surface area contributed by atoms with Gasteiger partial charge in [-0.15, -0.1) is 0 Å². The number of aromatic nitrogens is 2. The van der Waals surface area contributed by atoms with E-state index in [1.54, 1.807) is 18.2 Å². The number of nitrogens with one attached hydrogen (secondary N) is 3. The molecule has 0 bridgehead atoms. The van der Waals surface area contributed by atoms with Crippen LogP contribution in [0.4, 0.5) is 10.1 Å². The summed E-state index contributed by atoms with van der Waals surface area (Å²) < 4.78 is 19.0. The zero-order chi connectivity index (χ0) is 19.0. The quantitative estimate of drug-likeness (QED) is 0.645. The SMILES string of the molecule is O=C1COc2ccc(CNC(=O)c3nc4cccc(F)c4c(=O)[nH]3)cc2N1. The lowest BCUT2D eigenvalue weighted by atomic mass is 10.1. The van der Waals surface area contributed by atoms with Crippen molar-refractivity contribution in [1.29, 1.82) is 0 Å². The molecule has 3 N–H and O–H groups in total. The van der Waals surface area contributed by atoms with Crippen molar-refractivity contribution in [2.45, 2.75) is 6.54 Å². The Morgan fingerprint density at radius 2 is 2.11 bits per heavy atom. The Morgan fingerprint density at radius 3 is 2.96 bits per heavy atom. The van der Waals surface area contributed by atoms with Crippen LogP contribution in [-0.4, -0.2) is 28.4 Å². The maximum absolute atomic E-state index is 13.7. The Labute approximate surface area is 151 Å². The first-order chi connectivity index (χ1) is 13.0. The molecule has 9 heteroatoms. The standard InChI is InChI=1S/C18H13FN4O4/c19-10-2-1-3-11-15(10)17(25)23-16(22-11)18(26)20-7-9-4-5-13-12(6-9)21-14(24)8-27-13/h1-6H,7-8H2,(H,20,26)(H,21,24)(H,22,23,25). The third kappa shape index (κ3) is 3.22. The van der Waals surface area contributed by atoms with E-state index in [0.717, 1.165) is 6.07 Å². The van der Waals surface area contributed by atoms with E-state index in [9.17, 15) is 18.8 Å². The number of H-pyrrole nitrogens is 1. The van der Waals surface area contributed by atoms with Gasteiger partial charge in [-0.05, 0) is 29.8 Å². The molecule has 0 saturated heterocycles. The van der Waals surface area contributed by atoms with Gasteiger partial charge >= 0.3 is 0 Å². The second kappa shape index (κ2) is 6.52. The molecule has 2 aromatic carbocycles. The van der Waals surface area contributed by atoms with Gasteiger partial charge in [0.15, 0.2) is 12.4 Å². The summed E-state index contributed by atoms with van der Waals surface area (Å²) in [6.07, 6.45) is 0. The van der Waals surface area contributed by atoms with E-state index in [2.05, 4.69) is 20.6 Å². The van der Waals surface area contributed by atoms with Gasteiger partial charge in [0, 0.05) is 6.54 Å². The minimum absolute atomic E-state index is 0.0370. The molecule has 1 aromatic heterocycles. The predicted molar refractivity (Wildman–Crippen MR) is 94.1 cm³/mol. The molecule has 3 aromatic rings. The van der Waals surface area contributed by atoms with Crippen LogP contribution in [0.5, 0.6) is 5.75 Å². The van der Waals surface area contributed by atoms with Crippen molar-refractivity contribution in [3.63, 3.8) is 0 Å². The summed E-state index contributed by atoms with van der Waals surface area (Å²) in [4.78, 5) is 42.0. The molecule has 1 aliphatic heterocycles. The van der Waals surface area contributed by atoms with Gasteiger partial charge in [0.25, 0.3) is 17.4 Å². The highest BCUT2D eigenvalue weighted by molar-refractivity contribution is 5.95. The first-order valence-electron chi connectivity index (χ1n) is 8.03. The van der Waals surface area contributed by atoms with Crippen LogP contribution in [0.15, 0.2) is 41.2 Å². The third-order valence-corrected chi connectivity index (χ3v) is 4.03. The number of benzene rings is 2. The van der Waals surface area contributed by atoms with Crippen LogP contribution in [0.1, 0.15) is 16.2 Å². The van der Waals surface area contributed by atoms with E-state index in [-0.39, 0.29) is 35.8 Å². The van der Waals surface area contributed by atoms with Gasteiger partial charge in [-0.1, -0.05) is 12.1 Å². The second-order valence-corrected chi connectivity index (χ2v) is 5.90. The van der Waals surface area contributed by atoms with Crippen molar-refractivity contribution in [3.05, 3.63) is 64.0 Å². The number of rotatable bonds is 3. The predicted octanol–water partition coefficient (Wildman–Crippen LogP) is 1.32. The third-order valence-electron chi connectivity index (χ3n) is 4.03. The van der Waals surface area contributed by atoms with Gasteiger partial charge in [-0.3, -0.25) is 14.4 Å². The van der Waals surface area contributed by atoms with E-state index in [1.807, 2.05) is 0 Å². The molecule has 4 rings (SSSR count). The van der Waals surface area contributed by atoms with Crippen LogP contribution in [0.25, 0.3) is 10.9 Å². The Morgan fingerprint density at radius 1 is 1.26 bits per heavy atom. The summed E-state index contributed by atoms with van der Waals surface area (Å²) in [5.74, 6) is -1.24. The number of amides is 2.